The number of hydrogen-bond donors (Lipinski definition) is 1. The third kappa shape index (κ3) is 6.00. The summed E-state index contributed by atoms with van der Waals surface area (Å²) >= 11 is 0. The molecule has 1 N–H and O–H groups in total. The van der Waals surface area contributed by atoms with Crippen molar-refractivity contribution in [2.24, 2.45) is 0 Å². The summed E-state index contributed by atoms with van der Waals surface area (Å²) in [5.41, 5.74) is 7.30. The van der Waals surface area contributed by atoms with Crippen molar-refractivity contribution >= 4 is 11.9 Å². The van der Waals surface area contributed by atoms with Gasteiger partial charge in [0.05, 0.1) is 19.3 Å². The van der Waals surface area contributed by atoms with Crippen molar-refractivity contribution in [3.05, 3.63) is 113 Å². The molecule has 0 atom stereocenters. The molecule has 0 fully saturated rings. The number of methoxy groups -OCH3 is 2. The van der Waals surface area contributed by atoms with Crippen molar-refractivity contribution in [2.75, 3.05) is 21.0 Å². The predicted octanol–water partition coefficient (Wildman–Crippen LogP) is 5.95. The normalized spacial score (nSPS) is 11.6. The highest BCUT2D eigenvalue weighted by Crippen LogP contribution is 2.34. The average Bonchev–Trinajstić information content (AvgIpc) is 3.38. The minimum Gasteiger partial charge on any atom is -0.467 e. The molecule has 0 spiro atoms. The van der Waals surface area contributed by atoms with Gasteiger partial charge in [0.25, 0.3) is 0 Å². The maximum atomic E-state index is 12.1. The average molecular weight is 527 g/mol. The van der Waals surface area contributed by atoms with Crippen molar-refractivity contribution in [2.45, 2.75) is 20.1 Å². The van der Waals surface area contributed by atoms with E-state index in [-0.39, 0.29) is 24.9 Å². The van der Waals surface area contributed by atoms with Crippen LogP contribution < -0.4 is 4.74 Å². The van der Waals surface area contributed by atoms with E-state index in [1.54, 1.807) is 12.1 Å². The summed E-state index contributed by atoms with van der Waals surface area (Å²) in [6.45, 7) is 2.03. The minimum absolute atomic E-state index is 0.000450. The number of esters is 2. The van der Waals surface area contributed by atoms with E-state index in [1.807, 2.05) is 73.7 Å². The van der Waals surface area contributed by atoms with E-state index in [1.165, 1.54) is 14.2 Å². The zero-order valence-corrected chi connectivity index (χ0v) is 22.1. The molecule has 0 radical (unpaired) electrons. The molecule has 0 saturated carbocycles. The fraction of sp³-hybridized carbons (Fsp3) is 0.188. The van der Waals surface area contributed by atoms with Crippen LogP contribution in [0.25, 0.3) is 22.3 Å². The zero-order valence-electron chi connectivity index (χ0n) is 22.1. The summed E-state index contributed by atoms with van der Waals surface area (Å²) in [5, 5.41) is 9.76. The number of ether oxygens (including phenoxy) is 4. The molecule has 0 saturated heterocycles. The topological polar surface area (TPSA) is 91.3 Å². The molecule has 7 nitrogen and oxygen atoms in total. The summed E-state index contributed by atoms with van der Waals surface area (Å²) in [5.74, 6) is -0.444. The lowest BCUT2D eigenvalue weighted by Gasteiger charge is -2.16. The second kappa shape index (κ2) is 12.9. The lowest BCUT2D eigenvalue weighted by atomic mass is 9.94. The summed E-state index contributed by atoms with van der Waals surface area (Å²) in [4.78, 5) is 23.8. The van der Waals surface area contributed by atoms with E-state index >= 15 is 0 Å². The minimum atomic E-state index is -0.562. The number of aryl methyl sites for hydroxylation is 1. The largest absolute Gasteiger partial charge is 0.467 e. The first-order chi connectivity index (χ1) is 19.0. The van der Waals surface area contributed by atoms with Gasteiger partial charge >= 0.3 is 11.9 Å². The Kier molecular flexibility index (Phi) is 9.10. The molecule has 0 amide bonds. The van der Waals surface area contributed by atoms with Gasteiger partial charge in [0.1, 0.15) is 17.9 Å². The Morgan fingerprint density at radius 1 is 0.872 bits per heavy atom. The molecule has 0 aliphatic carbocycles. The van der Waals surface area contributed by atoms with Crippen LogP contribution in [-0.4, -0.2) is 38.1 Å². The number of carbonyl (C=O) groups is 2. The number of aliphatic hydroxyl groups excluding tert-OH is 1. The highest BCUT2D eigenvalue weighted by Gasteiger charge is 2.26. The highest BCUT2D eigenvalue weighted by atomic mass is 16.7. The van der Waals surface area contributed by atoms with E-state index in [0.29, 0.717) is 17.9 Å². The van der Waals surface area contributed by atoms with E-state index in [9.17, 15) is 14.7 Å². The van der Waals surface area contributed by atoms with Crippen LogP contribution in [0.1, 0.15) is 37.4 Å². The molecule has 4 aromatic carbocycles. The molecule has 4 aromatic rings. The SMILES string of the molecule is COCOc1ccc(-c2ccccc2)c(CO)c1C(=O)OC.Cc1ccc(-c2ccccc2)c2c1C(=O)OC2. The maximum absolute atomic E-state index is 12.1. The van der Waals surface area contributed by atoms with E-state index < -0.39 is 5.97 Å². The first-order valence-electron chi connectivity index (χ1n) is 12.4. The van der Waals surface area contributed by atoms with Crippen LogP contribution in [0.2, 0.25) is 0 Å². The van der Waals surface area contributed by atoms with Crippen molar-refractivity contribution in [3.8, 4) is 28.0 Å². The molecule has 1 aliphatic heterocycles. The highest BCUT2D eigenvalue weighted by molar-refractivity contribution is 5.98. The first-order valence-corrected chi connectivity index (χ1v) is 12.4. The Morgan fingerprint density at radius 3 is 2.08 bits per heavy atom. The third-order valence-corrected chi connectivity index (χ3v) is 6.40. The molecule has 1 heterocycles. The first kappa shape index (κ1) is 27.6. The molecule has 0 bridgehead atoms. The summed E-state index contributed by atoms with van der Waals surface area (Å²) < 4.78 is 20.2. The van der Waals surface area contributed by atoms with Crippen LogP contribution in [0.3, 0.4) is 0 Å². The van der Waals surface area contributed by atoms with Crippen LogP contribution in [-0.2, 0) is 27.4 Å². The Labute approximate surface area is 227 Å². The van der Waals surface area contributed by atoms with Crippen LogP contribution in [0.4, 0.5) is 0 Å². The molecular formula is C32H30O7. The fourth-order valence-electron chi connectivity index (χ4n) is 4.54. The van der Waals surface area contributed by atoms with Gasteiger partial charge in [-0.25, -0.2) is 9.59 Å². The Balaban J connectivity index is 0.000000186. The van der Waals surface area contributed by atoms with Gasteiger partial charge in [0.2, 0.25) is 0 Å². The summed E-state index contributed by atoms with van der Waals surface area (Å²) in [7, 11) is 2.78. The molecular weight excluding hydrogens is 496 g/mol. The smallest absolute Gasteiger partial charge is 0.342 e. The van der Waals surface area contributed by atoms with E-state index in [0.717, 1.165) is 38.9 Å². The second-order valence-electron chi connectivity index (χ2n) is 8.76. The van der Waals surface area contributed by atoms with Gasteiger partial charge < -0.3 is 24.1 Å². The van der Waals surface area contributed by atoms with Gasteiger partial charge in [-0.1, -0.05) is 78.9 Å². The van der Waals surface area contributed by atoms with Crippen LogP contribution in [0.5, 0.6) is 5.75 Å². The maximum Gasteiger partial charge on any atom is 0.342 e. The van der Waals surface area contributed by atoms with Crippen LogP contribution in [0.15, 0.2) is 84.9 Å². The van der Waals surface area contributed by atoms with Crippen molar-refractivity contribution in [1.82, 2.24) is 0 Å². The van der Waals surface area contributed by atoms with Gasteiger partial charge in [-0.15, -0.1) is 0 Å². The Morgan fingerprint density at radius 2 is 1.49 bits per heavy atom. The molecule has 1 aliphatic rings. The zero-order chi connectivity index (χ0) is 27.8. The van der Waals surface area contributed by atoms with Gasteiger partial charge in [-0.05, 0) is 40.8 Å². The van der Waals surface area contributed by atoms with Gasteiger partial charge in [-0.2, -0.15) is 0 Å². The van der Waals surface area contributed by atoms with Gasteiger partial charge in [0.15, 0.2) is 6.79 Å². The quantitative estimate of drug-likeness (QED) is 0.235. The number of benzene rings is 4. The fourth-order valence-corrected chi connectivity index (χ4v) is 4.54. The number of cyclic esters (lactones) is 1. The molecule has 0 unspecified atom stereocenters. The Hall–Kier alpha value is -4.46. The van der Waals surface area contributed by atoms with Crippen LogP contribution in [0, 0.1) is 6.92 Å². The van der Waals surface area contributed by atoms with Crippen molar-refractivity contribution in [3.63, 3.8) is 0 Å². The number of carbonyl (C=O) groups excluding carboxylic acids is 2. The van der Waals surface area contributed by atoms with Gasteiger partial charge in [0, 0.05) is 18.2 Å². The van der Waals surface area contributed by atoms with E-state index in [4.69, 9.17) is 18.9 Å². The number of aliphatic hydroxyl groups is 1. The van der Waals surface area contributed by atoms with Crippen molar-refractivity contribution in [1.29, 1.82) is 0 Å². The number of hydrogen-bond acceptors (Lipinski definition) is 7. The number of rotatable bonds is 7. The summed E-state index contributed by atoms with van der Waals surface area (Å²) in [6.07, 6.45) is 0. The predicted molar refractivity (Wildman–Crippen MR) is 147 cm³/mol. The van der Waals surface area contributed by atoms with Crippen molar-refractivity contribution < 1.29 is 33.6 Å². The lowest BCUT2D eigenvalue weighted by Crippen LogP contribution is -2.12. The molecule has 0 aromatic heterocycles. The second-order valence-corrected chi connectivity index (χ2v) is 8.76. The molecule has 200 valence electrons. The number of fused-ring (bicyclic) bond motifs is 1. The lowest BCUT2D eigenvalue weighted by molar-refractivity contribution is 0.0461. The standard InChI is InChI=1S/C17H18O5.C15H12O2/c1-20-11-22-15-9-8-13(12-6-4-3-5-7-12)14(10-18)16(15)17(19)21-2;1-10-7-8-12(11-5-3-2-4-6-11)13-9-17-15(16)14(10)13/h3-9,18H,10-11H2,1-2H3;2-8H,9H2,1H3. The van der Waals surface area contributed by atoms with Gasteiger partial charge in [-0.3, -0.25) is 0 Å². The monoisotopic (exact) mass is 526 g/mol. The molecule has 7 heteroatoms. The summed E-state index contributed by atoms with van der Waals surface area (Å²) in [6, 6.07) is 27.1. The third-order valence-electron chi connectivity index (χ3n) is 6.40. The Bertz CT molecular complexity index is 1450. The molecule has 39 heavy (non-hydrogen) atoms. The van der Waals surface area contributed by atoms with Crippen LogP contribution >= 0.6 is 0 Å². The molecule has 5 rings (SSSR count). The van der Waals surface area contributed by atoms with E-state index in [2.05, 4.69) is 6.07 Å².